The predicted octanol–water partition coefficient (Wildman–Crippen LogP) is 7.79. The SMILES string of the molecule is Cc1ccccc1C(=O)NC12CC[C@]3(C)C(CCC4C5(C)CCC(N)C(C)(C)C5CCC43C)C1=C(C(C)C)C(=O)C2. The van der Waals surface area contributed by atoms with Crippen molar-refractivity contribution in [2.45, 2.75) is 125 Å². The Morgan fingerprint density at radius 3 is 2.29 bits per heavy atom. The quantitative estimate of drug-likeness (QED) is 0.398. The van der Waals surface area contributed by atoms with Crippen LogP contribution < -0.4 is 11.1 Å². The molecule has 8 atom stereocenters. The van der Waals surface area contributed by atoms with Crippen LogP contribution in [0.3, 0.4) is 0 Å². The summed E-state index contributed by atoms with van der Waals surface area (Å²) >= 11 is 0. The average molecular weight is 559 g/mol. The number of hydrogen-bond donors (Lipinski definition) is 2. The van der Waals surface area contributed by atoms with Crippen LogP contribution in [0.4, 0.5) is 0 Å². The first-order valence-electron chi connectivity index (χ1n) is 16.5. The van der Waals surface area contributed by atoms with E-state index in [-0.39, 0.29) is 39.9 Å². The number of aryl methyl sites for hydroxylation is 1. The van der Waals surface area contributed by atoms with Crippen molar-refractivity contribution >= 4 is 11.7 Å². The molecule has 4 saturated carbocycles. The van der Waals surface area contributed by atoms with Crippen LogP contribution in [0.5, 0.6) is 0 Å². The van der Waals surface area contributed by atoms with Gasteiger partial charge in [0, 0.05) is 18.0 Å². The van der Waals surface area contributed by atoms with Gasteiger partial charge in [-0.1, -0.05) is 66.7 Å². The van der Waals surface area contributed by atoms with Gasteiger partial charge in [-0.15, -0.1) is 0 Å². The second kappa shape index (κ2) is 9.28. The van der Waals surface area contributed by atoms with Crippen molar-refractivity contribution in [3.05, 3.63) is 46.5 Å². The number of benzene rings is 1. The summed E-state index contributed by atoms with van der Waals surface area (Å²) in [6.45, 7) is 19.0. The third-order valence-electron chi connectivity index (χ3n) is 14.3. The highest BCUT2D eigenvalue weighted by atomic mass is 16.2. The number of Topliss-reactive ketones (excluding diaryl/α,β-unsaturated/α-hetero) is 1. The summed E-state index contributed by atoms with van der Waals surface area (Å²) in [5, 5.41) is 3.54. The van der Waals surface area contributed by atoms with Gasteiger partial charge in [-0.2, -0.15) is 0 Å². The number of amides is 1. The lowest BCUT2D eigenvalue weighted by molar-refractivity contribution is -0.212. The van der Waals surface area contributed by atoms with Crippen molar-refractivity contribution in [3.63, 3.8) is 0 Å². The summed E-state index contributed by atoms with van der Waals surface area (Å²) in [5.41, 5.74) is 11.0. The maximum Gasteiger partial charge on any atom is 0.252 e. The van der Waals surface area contributed by atoms with Gasteiger partial charge >= 0.3 is 0 Å². The van der Waals surface area contributed by atoms with Crippen molar-refractivity contribution in [2.75, 3.05) is 0 Å². The van der Waals surface area contributed by atoms with Crippen LogP contribution in [0.15, 0.2) is 35.4 Å². The molecule has 41 heavy (non-hydrogen) atoms. The van der Waals surface area contributed by atoms with Crippen molar-refractivity contribution in [1.29, 1.82) is 0 Å². The van der Waals surface area contributed by atoms with E-state index in [2.05, 4.69) is 53.8 Å². The molecule has 0 aromatic heterocycles. The second-order valence-corrected chi connectivity index (χ2v) is 16.5. The maximum atomic E-state index is 13.8. The van der Waals surface area contributed by atoms with Gasteiger partial charge in [-0.05, 0) is 126 Å². The van der Waals surface area contributed by atoms with Crippen LogP contribution in [-0.2, 0) is 4.79 Å². The largest absolute Gasteiger partial charge is 0.342 e. The first-order chi connectivity index (χ1) is 19.1. The molecule has 0 aliphatic heterocycles. The minimum atomic E-state index is -0.551. The summed E-state index contributed by atoms with van der Waals surface area (Å²) in [5.74, 6) is 2.04. The smallest absolute Gasteiger partial charge is 0.252 e. The van der Waals surface area contributed by atoms with Gasteiger partial charge in [0.25, 0.3) is 5.91 Å². The Hall–Kier alpha value is -1.94. The average Bonchev–Trinajstić information content (AvgIpc) is 3.19. The van der Waals surface area contributed by atoms with Crippen molar-refractivity contribution < 1.29 is 9.59 Å². The molecule has 0 radical (unpaired) electrons. The number of rotatable bonds is 3. The third kappa shape index (κ3) is 3.80. The van der Waals surface area contributed by atoms with Gasteiger partial charge < -0.3 is 11.1 Å². The van der Waals surface area contributed by atoms with Gasteiger partial charge in [-0.25, -0.2) is 0 Å². The molecule has 1 amide bonds. The minimum absolute atomic E-state index is 0.0318. The fourth-order valence-corrected chi connectivity index (χ4v) is 11.9. The molecule has 0 saturated heterocycles. The van der Waals surface area contributed by atoms with Crippen LogP contribution in [-0.4, -0.2) is 23.3 Å². The van der Waals surface area contributed by atoms with Crippen molar-refractivity contribution in [1.82, 2.24) is 5.32 Å². The molecule has 3 N–H and O–H groups in total. The molecule has 4 nitrogen and oxygen atoms in total. The van der Waals surface area contributed by atoms with E-state index < -0.39 is 5.54 Å². The van der Waals surface area contributed by atoms with Crippen LogP contribution in [0.2, 0.25) is 0 Å². The van der Waals surface area contributed by atoms with Gasteiger partial charge in [0.1, 0.15) is 0 Å². The number of allylic oxidation sites excluding steroid dienone is 1. The van der Waals surface area contributed by atoms with E-state index in [0.29, 0.717) is 29.6 Å². The number of fused-ring (bicyclic) bond motifs is 7. The van der Waals surface area contributed by atoms with Gasteiger partial charge in [0.15, 0.2) is 5.78 Å². The highest BCUT2D eigenvalue weighted by Crippen LogP contribution is 2.75. The monoisotopic (exact) mass is 558 g/mol. The third-order valence-corrected chi connectivity index (χ3v) is 14.3. The molecular formula is C37H54N2O2. The summed E-state index contributed by atoms with van der Waals surface area (Å²) in [6.07, 6.45) is 9.51. The highest BCUT2D eigenvalue weighted by Gasteiger charge is 2.70. The number of carbonyl (C=O) groups is 2. The molecule has 5 aliphatic rings. The number of nitrogens with one attached hydrogen (secondary N) is 1. The zero-order chi connectivity index (χ0) is 29.8. The van der Waals surface area contributed by atoms with E-state index in [0.717, 1.165) is 42.4 Å². The molecule has 4 heteroatoms. The van der Waals surface area contributed by atoms with E-state index >= 15 is 0 Å². The van der Waals surface area contributed by atoms with E-state index in [1.165, 1.54) is 31.3 Å². The molecule has 0 heterocycles. The van der Waals surface area contributed by atoms with Crippen molar-refractivity contribution in [3.8, 4) is 0 Å². The van der Waals surface area contributed by atoms with E-state index in [1.54, 1.807) is 0 Å². The zero-order valence-corrected chi connectivity index (χ0v) is 27.0. The maximum absolute atomic E-state index is 13.8. The lowest BCUT2D eigenvalue weighted by Gasteiger charge is -2.72. The van der Waals surface area contributed by atoms with Gasteiger partial charge in [-0.3, -0.25) is 9.59 Å². The molecule has 1 aromatic carbocycles. The molecule has 7 unspecified atom stereocenters. The van der Waals surface area contributed by atoms with Crippen LogP contribution in [0.1, 0.15) is 122 Å². The summed E-state index contributed by atoms with van der Waals surface area (Å²) in [6, 6.07) is 8.12. The van der Waals surface area contributed by atoms with Crippen LogP contribution in [0.25, 0.3) is 0 Å². The minimum Gasteiger partial charge on any atom is -0.342 e. The molecule has 0 bridgehead atoms. The number of ketones is 1. The van der Waals surface area contributed by atoms with E-state index in [4.69, 9.17) is 5.73 Å². The molecule has 224 valence electrons. The topological polar surface area (TPSA) is 72.2 Å². The van der Waals surface area contributed by atoms with Crippen LogP contribution >= 0.6 is 0 Å². The van der Waals surface area contributed by atoms with E-state index in [1.807, 2.05) is 31.2 Å². The Morgan fingerprint density at radius 2 is 1.61 bits per heavy atom. The molecule has 0 spiro atoms. The van der Waals surface area contributed by atoms with E-state index in [9.17, 15) is 9.59 Å². The molecular weight excluding hydrogens is 504 g/mol. The van der Waals surface area contributed by atoms with Gasteiger partial charge in [0.2, 0.25) is 0 Å². The normalized spacial score (nSPS) is 43.2. The first-order valence-corrected chi connectivity index (χ1v) is 16.5. The Kier molecular flexibility index (Phi) is 6.60. The Labute approximate surface area is 248 Å². The van der Waals surface area contributed by atoms with Crippen molar-refractivity contribution in [2.24, 2.45) is 51.1 Å². The van der Waals surface area contributed by atoms with Crippen LogP contribution in [0, 0.1) is 52.3 Å². The summed E-state index contributed by atoms with van der Waals surface area (Å²) in [7, 11) is 0. The fourth-order valence-electron chi connectivity index (χ4n) is 11.9. The lowest BCUT2D eigenvalue weighted by Crippen LogP contribution is -2.67. The second-order valence-electron chi connectivity index (χ2n) is 16.5. The molecule has 6 rings (SSSR count). The van der Waals surface area contributed by atoms with Gasteiger partial charge in [0.05, 0.1) is 5.54 Å². The first kappa shape index (κ1) is 29.1. The Bertz CT molecular complexity index is 1310. The molecule has 4 fully saturated rings. The number of hydrogen-bond acceptors (Lipinski definition) is 3. The zero-order valence-electron chi connectivity index (χ0n) is 27.0. The lowest BCUT2D eigenvalue weighted by atomic mass is 9.33. The Balaban J connectivity index is 1.42. The standard InChI is InChI=1S/C37H54N2O2/c1-22(2)30-26(40)21-37(39-32(41)24-12-10-9-11-23(24)3)20-19-35(7)25(31(30)37)13-14-28-34(6)17-16-29(38)33(4,5)27(34)15-18-36(28,35)8/h9-12,22,25,27-29H,13-21,38H2,1-8H3,(H,39,41)/t25?,27?,28?,29?,34?,35-,36?,37?/m1/s1. The Morgan fingerprint density at radius 1 is 0.902 bits per heavy atom. The number of nitrogens with two attached hydrogens (primary N) is 1. The molecule has 1 aromatic rings. The number of carbonyl (C=O) groups excluding carboxylic acids is 2. The fraction of sp³-hybridized carbons (Fsp3) is 0.730. The predicted molar refractivity (Wildman–Crippen MR) is 166 cm³/mol. The summed E-state index contributed by atoms with van der Waals surface area (Å²) < 4.78 is 0. The molecule has 5 aliphatic carbocycles. The summed E-state index contributed by atoms with van der Waals surface area (Å²) in [4.78, 5) is 27.7. The highest BCUT2D eigenvalue weighted by molar-refractivity contribution is 6.04.